The number of aromatic nitrogens is 1. The van der Waals surface area contributed by atoms with Crippen molar-refractivity contribution in [2.75, 3.05) is 7.11 Å². The number of ether oxygens (including phenoxy) is 1. The molecule has 0 aliphatic carbocycles. The summed E-state index contributed by atoms with van der Waals surface area (Å²) < 4.78 is 18.1. The molecular formula is C15H14FNO2. The topological polar surface area (TPSA) is 39.2 Å². The molecule has 4 heteroatoms. The number of aryl methyl sites for hydroxylation is 2. The minimum atomic E-state index is -0.468. The molecule has 0 amide bonds. The Hall–Kier alpha value is -2.23. The van der Waals surface area contributed by atoms with E-state index in [4.69, 9.17) is 4.74 Å². The first-order valence-electron chi connectivity index (χ1n) is 5.84. The number of carbonyl (C=O) groups is 1. The molecular weight excluding hydrogens is 245 g/mol. The molecule has 0 saturated heterocycles. The second-order valence-corrected chi connectivity index (χ2v) is 4.35. The second-order valence-electron chi connectivity index (χ2n) is 4.35. The summed E-state index contributed by atoms with van der Waals surface area (Å²) in [5.74, 6) is -0.230. The van der Waals surface area contributed by atoms with Gasteiger partial charge in [0, 0.05) is 0 Å². The van der Waals surface area contributed by atoms with Crippen LogP contribution in [0.2, 0.25) is 0 Å². The maximum Gasteiger partial charge on any atom is 0.215 e. The Morgan fingerprint density at radius 1 is 1.26 bits per heavy atom. The molecule has 0 bridgehead atoms. The third-order valence-electron chi connectivity index (χ3n) is 2.85. The molecule has 2 aromatic rings. The van der Waals surface area contributed by atoms with E-state index >= 15 is 0 Å². The van der Waals surface area contributed by atoms with Crippen molar-refractivity contribution in [2.24, 2.45) is 0 Å². The molecule has 0 unspecified atom stereocenters. The Balaban J connectivity index is 2.52. The lowest BCUT2D eigenvalue weighted by Crippen LogP contribution is -2.08. The van der Waals surface area contributed by atoms with E-state index in [1.54, 1.807) is 6.07 Å². The number of ketones is 1. The Morgan fingerprint density at radius 3 is 2.58 bits per heavy atom. The fourth-order valence-electron chi connectivity index (χ4n) is 2.02. The lowest BCUT2D eigenvalue weighted by atomic mass is 9.99. The summed E-state index contributed by atoms with van der Waals surface area (Å²) in [5.41, 5.74) is 2.49. The Bertz CT molecular complexity index is 621. The van der Waals surface area contributed by atoms with Crippen molar-refractivity contribution < 1.29 is 13.9 Å². The van der Waals surface area contributed by atoms with Gasteiger partial charge < -0.3 is 4.74 Å². The first-order valence-corrected chi connectivity index (χ1v) is 5.84. The van der Waals surface area contributed by atoms with Gasteiger partial charge >= 0.3 is 0 Å². The molecule has 1 aromatic carbocycles. The smallest absolute Gasteiger partial charge is 0.215 e. The van der Waals surface area contributed by atoms with E-state index in [9.17, 15) is 9.18 Å². The molecule has 2 rings (SSSR count). The Kier molecular flexibility index (Phi) is 3.60. The second kappa shape index (κ2) is 5.18. The summed E-state index contributed by atoms with van der Waals surface area (Å²) in [7, 11) is 1.52. The highest BCUT2D eigenvalue weighted by Crippen LogP contribution is 2.26. The van der Waals surface area contributed by atoms with E-state index in [0.717, 1.165) is 17.3 Å². The van der Waals surface area contributed by atoms with Gasteiger partial charge in [0.1, 0.15) is 17.3 Å². The molecule has 0 saturated carbocycles. The number of halogens is 1. The number of hydrogen-bond acceptors (Lipinski definition) is 3. The number of benzene rings is 1. The van der Waals surface area contributed by atoms with E-state index in [1.165, 1.54) is 19.2 Å². The van der Waals surface area contributed by atoms with Gasteiger partial charge in [0.25, 0.3) is 0 Å². The van der Waals surface area contributed by atoms with E-state index in [0.29, 0.717) is 11.3 Å². The number of carbonyl (C=O) groups excluding carboxylic acids is 1. The monoisotopic (exact) mass is 259 g/mol. The van der Waals surface area contributed by atoms with Gasteiger partial charge in [0.05, 0.1) is 18.9 Å². The molecule has 0 spiro atoms. The average molecular weight is 259 g/mol. The van der Waals surface area contributed by atoms with E-state index in [1.807, 2.05) is 19.9 Å². The number of hydrogen-bond donors (Lipinski definition) is 0. The number of methoxy groups -OCH3 is 1. The molecule has 0 fully saturated rings. The van der Waals surface area contributed by atoms with Crippen LogP contribution in [0, 0.1) is 19.7 Å². The predicted molar refractivity (Wildman–Crippen MR) is 70.1 cm³/mol. The van der Waals surface area contributed by atoms with Crippen LogP contribution in [0.15, 0.2) is 30.5 Å². The number of pyridine rings is 1. The van der Waals surface area contributed by atoms with Crippen LogP contribution in [0.4, 0.5) is 4.39 Å². The first-order chi connectivity index (χ1) is 9.02. The largest absolute Gasteiger partial charge is 0.496 e. The van der Waals surface area contributed by atoms with Crippen LogP contribution in [0.3, 0.4) is 0 Å². The SMILES string of the molecule is COc1cc(C)cc(C)c1C(=O)c1ccc(F)cn1. The normalized spacial score (nSPS) is 10.3. The van der Waals surface area contributed by atoms with Crippen molar-refractivity contribution in [3.8, 4) is 5.75 Å². The zero-order chi connectivity index (χ0) is 14.0. The minimum absolute atomic E-state index is 0.201. The number of rotatable bonds is 3. The van der Waals surface area contributed by atoms with Crippen LogP contribution in [0.25, 0.3) is 0 Å². The van der Waals surface area contributed by atoms with E-state index in [2.05, 4.69) is 4.98 Å². The van der Waals surface area contributed by atoms with Crippen LogP contribution in [-0.4, -0.2) is 17.9 Å². The molecule has 0 aliphatic heterocycles. The molecule has 0 N–H and O–H groups in total. The molecule has 0 aliphatic rings. The summed E-state index contributed by atoms with van der Waals surface area (Å²) in [5, 5.41) is 0. The molecule has 1 heterocycles. The molecule has 3 nitrogen and oxygen atoms in total. The van der Waals surface area contributed by atoms with Crippen molar-refractivity contribution in [1.29, 1.82) is 0 Å². The summed E-state index contributed by atoms with van der Waals surface area (Å²) in [6.07, 6.45) is 1.03. The van der Waals surface area contributed by atoms with Crippen molar-refractivity contribution >= 4 is 5.78 Å². The van der Waals surface area contributed by atoms with Gasteiger partial charge in [-0.1, -0.05) is 6.07 Å². The van der Waals surface area contributed by atoms with Gasteiger partial charge in [-0.15, -0.1) is 0 Å². The van der Waals surface area contributed by atoms with Gasteiger partial charge in [0.2, 0.25) is 5.78 Å². The molecule has 1 aromatic heterocycles. The van der Waals surface area contributed by atoms with Crippen LogP contribution in [0.5, 0.6) is 5.75 Å². The zero-order valence-corrected chi connectivity index (χ0v) is 11.0. The summed E-state index contributed by atoms with van der Waals surface area (Å²) >= 11 is 0. The van der Waals surface area contributed by atoms with Crippen LogP contribution in [-0.2, 0) is 0 Å². The average Bonchev–Trinajstić information content (AvgIpc) is 2.38. The van der Waals surface area contributed by atoms with Crippen LogP contribution in [0.1, 0.15) is 27.2 Å². The maximum atomic E-state index is 12.8. The van der Waals surface area contributed by atoms with Gasteiger partial charge in [-0.2, -0.15) is 0 Å². The summed E-state index contributed by atoms with van der Waals surface area (Å²) in [6, 6.07) is 6.29. The van der Waals surface area contributed by atoms with E-state index in [-0.39, 0.29) is 11.5 Å². The fourth-order valence-corrected chi connectivity index (χ4v) is 2.02. The van der Waals surface area contributed by atoms with Gasteiger partial charge in [-0.3, -0.25) is 4.79 Å². The minimum Gasteiger partial charge on any atom is -0.496 e. The lowest BCUT2D eigenvalue weighted by Gasteiger charge is -2.11. The van der Waals surface area contributed by atoms with Crippen molar-refractivity contribution in [1.82, 2.24) is 4.98 Å². The lowest BCUT2D eigenvalue weighted by molar-refractivity contribution is 0.103. The van der Waals surface area contributed by atoms with Gasteiger partial charge in [-0.25, -0.2) is 9.37 Å². The van der Waals surface area contributed by atoms with Crippen LogP contribution >= 0.6 is 0 Å². The fraction of sp³-hybridized carbons (Fsp3) is 0.200. The third kappa shape index (κ3) is 2.62. The first kappa shape index (κ1) is 13.2. The van der Waals surface area contributed by atoms with Gasteiger partial charge in [-0.05, 0) is 43.2 Å². The highest BCUT2D eigenvalue weighted by atomic mass is 19.1. The highest BCUT2D eigenvalue weighted by Gasteiger charge is 2.18. The quantitative estimate of drug-likeness (QED) is 0.795. The van der Waals surface area contributed by atoms with E-state index < -0.39 is 5.82 Å². The standard InChI is InChI=1S/C15H14FNO2/c1-9-6-10(2)14(13(7-9)19-3)15(18)12-5-4-11(16)8-17-12/h4-8H,1-3H3. The van der Waals surface area contributed by atoms with Gasteiger partial charge in [0.15, 0.2) is 0 Å². The van der Waals surface area contributed by atoms with Crippen molar-refractivity contribution in [2.45, 2.75) is 13.8 Å². The van der Waals surface area contributed by atoms with Crippen molar-refractivity contribution in [3.63, 3.8) is 0 Å². The Labute approximate surface area is 111 Å². The maximum absolute atomic E-state index is 12.8. The molecule has 19 heavy (non-hydrogen) atoms. The van der Waals surface area contributed by atoms with Crippen molar-refractivity contribution in [3.05, 3.63) is 58.7 Å². The summed E-state index contributed by atoms with van der Waals surface area (Å²) in [4.78, 5) is 16.2. The third-order valence-corrected chi connectivity index (χ3v) is 2.85. The molecule has 0 radical (unpaired) electrons. The highest BCUT2D eigenvalue weighted by molar-refractivity contribution is 6.10. The molecule has 0 atom stereocenters. The van der Waals surface area contributed by atoms with Crippen LogP contribution < -0.4 is 4.74 Å². The zero-order valence-electron chi connectivity index (χ0n) is 11.0. The number of nitrogens with zero attached hydrogens (tertiary/aromatic N) is 1. The molecule has 98 valence electrons. The Morgan fingerprint density at radius 2 is 2.00 bits per heavy atom. The predicted octanol–water partition coefficient (Wildman–Crippen LogP) is 3.08. The summed E-state index contributed by atoms with van der Waals surface area (Å²) in [6.45, 7) is 3.77.